The summed E-state index contributed by atoms with van der Waals surface area (Å²) in [6, 6.07) is 1.68. The van der Waals surface area contributed by atoms with Gasteiger partial charge in [0.1, 0.15) is 5.82 Å². The number of ether oxygens (including phenoxy) is 1. The summed E-state index contributed by atoms with van der Waals surface area (Å²) in [6.07, 6.45) is 0. The minimum atomic E-state index is -2.80. The van der Waals surface area contributed by atoms with E-state index in [2.05, 4.69) is 9.97 Å². The fourth-order valence-corrected chi connectivity index (χ4v) is 3.39. The average Bonchev–Trinajstić information content (AvgIpc) is 2.28. The van der Waals surface area contributed by atoms with Crippen molar-refractivity contribution < 1.29 is 18.3 Å². The Hall–Kier alpha value is -0.590. The Balaban J connectivity index is 2.92. The zero-order valence-corrected chi connectivity index (χ0v) is 13.3. The third-order valence-electron chi connectivity index (χ3n) is 1.94. The summed E-state index contributed by atoms with van der Waals surface area (Å²) in [5, 5.41) is 0. The lowest BCUT2D eigenvalue weighted by Crippen LogP contribution is -2.05. The van der Waals surface area contributed by atoms with Crippen LogP contribution in [0, 0.1) is 6.92 Å². The number of hydrogen-bond acceptors (Lipinski definition) is 7. The number of aromatic nitrogens is 2. The lowest BCUT2D eigenvalue weighted by atomic mass is 10.4. The van der Waals surface area contributed by atoms with E-state index in [1.54, 1.807) is 20.1 Å². The largest absolute Gasteiger partial charge is 0.406 e. The molecule has 0 unspecified atom stereocenters. The summed E-state index contributed by atoms with van der Waals surface area (Å²) >= 11 is 5.29. The van der Waals surface area contributed by atoms with Crippen molar-refractivity contribution in [1.29, 1.82) is 0 Å². The summed E-state index contributed by atoms with van der Waals surface area (Å²) in [5.74, 6) is 0.934. The van der Waals surface area contributed by atoms with Crippen LogP contribution in [0.15, 0.2) is 6.07 Å². The van der Waals surface area contributed by atoms with E-state index >= 15 is 0 Å². The smallest absolute Gasteiger partial charge is 0.381 e. The Morgan fingerprint density at radius 3 is 2.37 bits per heavy atom. The molecule has 0 aliphatic heterocycles. The first-order valence-corrected chi connectivity index (χ1v) is 8.50. The third kappa shape index (κ3) is 5.50. The molecule has 0 aliphatic rings. The van der Waals surface area contributed by atoms with Crippen molar-refractivity contribution in [2.45, 2.75) is 27.4 Å². The van der Waals surface area contributed by atoms with Crippen molar-refractivity contribution in [3.63, 3.8) is 0 Å². The van der Waals surface area contributed by atoms with E-state index in [0.29, 0.717) is 31.5 Å². The van der Waals surface area contributed by atoms with Crippen LogP contribution in [0.1, 0.15) is 25.4 Å². The molecule has 0 bridgehead atoms. The van der Waals surface area contributed by atoms with Crippen LogP contribution in [0.5, 0.6) is 5.88 Å². The van der Waals surface area contributed by atoms with Gasteiger partial charge in [-0.1, -0.05) is 0 Å². The fourth-order valence-electron chi connectivity index (χ4n) is 1.39. The van der Waals surface area contributed by atoms with Gasteiger partial charge in [-0.3, -0.25) is 9.05 Å². The van der Waals surface area contributed by atoms with Crippen LogP contribution in [0.4, 0.5) is 0 Å². The molecule has 0 saturated heterocycles. The highest BCUT2D eigenvalue weighted by Crippen LogP contribution is 2.49. The van der Waals surface area contributed by atoms with Gasteiger partial charge >= 0.3 is 6.72 Å². The van der Waals surface area contributed by atoms with Crippen LogP contribution < -0.4 is 4.52 Å². The molecule has 0 radical (unpaired) electrons. The Morgan fingerprint density at radius 1 is 1.21 bits per heavy atom. The summed E-state index contributed by atoms with van der Waals surface area (Å²) in [6.45, 7) is 3.88. The van der Waals surface area contributed by atoms with Crippen LogP contribution in [0.25, 0.3) is 0 Å². The van der Waals surface area contributed by atoms with Gasteiger partial charge < -0.3 is 9.26 Å². The normalized spacial score (nSPS) is 11.6. The molecular weight excluding hydrogens is 287 g/mol. The average molecular weight is 306 g/mol. The number of aryl methyl sites for hydroxylation is 1. The highest BCUT2D eigenvalue weighted by atomic mass is 32.5. The standard InChI is InChI=1S/C11H19N2O4PS/c1-5-15-18(19,16-6-2)17-11-7-10(8-14-4)12-9(3)13-11/h7H,5-6,8H2,1-4H3. The van der Waals surface area contributed by atoms with Gasteiger partial charge in [0.2, 0.25) is 5.88 Å². The second-order valence-electron chi connectivity index (χ2n) is 3.55. The molecular formula is C11H19N2O4PS. The Kier molecular flexibility index (Phi) is 6.82. The Labute approximate surface area is 118 Å². The van der Waals surface area contributed by atoms with Crippen molar-refractivity contribution in [2.24, 2.45) is 0 Å². The van der Waals surface area contributed by atoms with E-state index in [1.807, 2.05) is 13.8 Å². The second-order valence-corrected chi connectivity index (χ2v) is 6.49. The highest BCUT2D eigenvalue weighted by molar-refractivity contribution is 8.07. The van der Waals surface area contributed by atoms with E-state index in [9.17, 15) is 0 Å². The van der Waals surface area contributed by atoms with E-state index in [-0.39, 0.29) is 0 Å². The molecule has 0 aliphatic carbocycles. The highest BCUT2D eigenvalue weighted by Gasteiger charge is 2.22. The number of rotatable bonds is 8. The molecule has 0 fully saturated rings. The summed E-state index contributed by atoms with van der Waals surface area (Å²) in [7, 11) is 1.60. The van der Waals surface area contributed by atoms with Crippen molar-refractivity contribution in [3.8, 4) is 5.88 Å². The molecule has 0 N–H and O–H groups in total. The molecule has 8 heteroatoms. The molecule has 0 aromatic carbocycles. The quantitative estimate of drug-likeness (QED) is 0.684. The van der Waals surface area contributed by atoms with Crippen molar-refractivity contribution in [1.82, 2.24) is 9.97 Å². The van der Waals surface area contributed by atoms with Crippen LogP contribution >= 0.6 is 6.72 Å². The molecule has 6 nitrogen and oxygen atoms in total. The van der Waals surface area contributed by atoms with Crippen LogP contribution in [0.2, 0.25) is 0 Å². The second kappa shape index (κ2) is 7.87. The third-order valence-corrected chi connectivity index (χ3v) is 4.36. The van der Waals surface area contributed by atoms with Gasteiger partial charge in [0.25, 0.3) is 0 Å². The van der Waals surface area contributed by atoms with E-state index in [1.165, 1.54) is 0 Å². The molecule has 1 rings (SSSR count). The maximum Gasteiger partial charge on any atom is 0.381 e. The summed E-state index contributed by atoms with van der Waals surface area (Å²) in [4.78, 5) is 8.40. The molecule has 1 aromatic rings. The van der Waals surface area contributed by atoms with Gasteiger partial charge in [0, 0.05) is 25.0 Å². The number of methoxy groups -OCH3 is 1. The molecule has 19 heavy (non-hydrogen) atoms. The molecule has 0 atom stereocenters. The van der Waals surface area contributed by atoms with Gasteiger partial charge in [0.15, 0.2) is 0 Å². The monoisotopic (exact) mass is 306 g/mol. The van der Waals surface area contributed by atoms with E-state index in [0.717, 1.165) is 5.69 Å². The van der Waals surface area contributed by atoms with Gasteiger partial charge in [0.05, 0.1) is 25.5 Å². The van der Waals surface area contributed by atoms with Gasteiger partial charge in [-0.25, -0.2) is 4.98 Å². The lowest BCUT2D eigenvalue weighted by molar-refractivity contribution is 0.180. The molecule has 0 saturated carbocycles. The van der Waals surface area contributed by atoms with E-state index in [4.69, 9.17) is 30.1 Å². The zero-order chi connectivity index (χ0) is 14.3. The van der Waals surface area contributed by atoms with Crippen molar-refractivity contribution >= 4 is 18.5 Å². The zero-order valence-electron chi connectivity index (χ0n) is 11.6. The first-order chi connectivity index (χ1) is 9.03. The van der Waals surface area contributed by atoms with Gasteiger partial charge in [-0.05, 0) is 20.8 Å². The molecule has 108 valence electrons. The van der Waals surface area contributed by atoms with Crippen molar-refractivity contribution in [2.75, 3.05) is 20.3 Å². The SMILES string of the molecule is CCOP(=S)(OCC)Oc1cc(COC)nc(C)n1. The fraction of sp³-hybridized carbons (Fsp3) is 0.636. The predicted octanol–water partition coefficient (Wildman–Crippen LogP) is 2.61. The number of hydrogen-bond donors (Lipinski definition) is 0. The van der Waals surface area contributed by atoms with Crippen LogP contribution in [-0.4, -0.2) is 30.3 Å². The first-order valence-electron chi connectivity index (χ1n) is 5.95. The number of nitrogens with zero attached hydrogens (tertiary/aromatic N) is 2. The molecule has 0 spiro atoms. The first kappa shape index (κ1) is 16.5. The van der Waals surface area contributed by atoms with Gasteiger partial charge in [-0.15, -0.1) is 0 Å². The molecule has 1 heterocycles. The Morgan fingerprint density at radius 2 is 1.84 bits per heavy atom. The van der Waals surface area contributed by atoms with E-state index < -0.39 is 6.72 Å². The summed E-state index contributed by atoms with van der Waals surface area (Å²) in [5.41, 5.74) is 0.722. The lowest BCUT2D eigenvalue weighted by Gasteiger charge is -2.20. The van der Waals surface area contributed by atoms with Crippen molar-refractivity contribution in [3.05, 3.63) is 17.6 Å². The van der Waals surface area contributed by atoms with Gasteiger partial charge in [-0.2, -0.15) is 4.98 Å². The summed E-state index contributed by atoms with van der Waals surface area (Å²) < 4.78 is 21.5. The Bertz CT molecular complexity index is 448. The minimum Gasteiger partial charge on any atom is -0.406 e. The predicted molar refractivity (Wildman–Crippen MR) is 75.6 cm³/mol. The molecule has 1 aromatic heterocycles. The minimum absolute atomic E-state index is 0.352. The molecule has 0 amide bonds. The maximum absolute atomic E-state index is 5.63. The van der Waals surface area contributed by atoms with Crippen LogP contribution in [-0.2, 0) is 32.2 Å². The topological polar surface area (TPSA) is 62.7 Å². The van der Waals surface area contributed by atoms with Crippen LogP contribution in [0.3, 0.4) is 0 Å². The maximum atomic E-state index is 5.63.